The molecule has 0 rings (SSSR count). The Morgan fingerprint density at radius 2 is 1.72 bits per heavy atom. The Bertz CT molecular complexity index is 254. The van der Waals surface area contributed by atoms with Gasteiger partial charge in [0, 0.05) is 12.6 Å². The lowest BCUT2D eigenvalue weighted by molar-refractivity contribution is -0.139. The predicted octanol–water partition coefficient (Wildman–Crippen LogP) is 2.23. The lowest BCUT2D eigenvalue weighted by Gasteiger charge is -2.16. The number of nitrogens with one attached hydrogen (secondary N) is 2. The van der Waals surface area contributed by atoms with Crippen molar-refractivity contribution in [1.82, 2.24) is 10.6 Å². The number of rotatable bonds is 8. The number of unbranched alkanes of at least 4 members (excludes halogenated alkanes) is 1. The summed E-state index contributed by atoms with van der Waals surface area (Å²) in [7, 11) is 0. The molecule has 0 bridgehead atoms. The summed E-state index contributed by atoms with van der Waals surface area (Å²) in [4.78, 5) is 23.1. The fraction of sp³-hybridized carbons (Fsp3) is 0.857. The monoisotopic (exact) mass is 256 g/mol. The minimum atomic E-state index is -0.519. The summed E-state index contributed by atoms with van der Waals surface area (Å²) in [5.74, 6) is -0.551. The highest BCUT2D eigenvalue weighted by Crippen LogP contribution is 2.10. The van der Waals surface area contributed by atoms with E-state index in [-0.39, 0.29) is 6.04 Å². The average molecular weight is 256 g/mol. The molecule has 0 heterocycles. The van der Waals surface area contributed by atoms with E-state index in [1.54, 1.807) is 0 Å². The zero-order chi connectivity index (χ0) is 14.0. The summed E-state index contributed by atoms with van der Waals surface area (Å²) >= 11 is 0. The predicted molar refractivity (Wildman–Crippen MR) is 74.2 cm³/mol. The molecule has 2 atom stereocenters. The molecule has 0 aliphatic carbocycles. The van der Waals surface area contributed by atoms with Gasteiger partial charge in [-0.2, -0.15) is 0 Å². The molecule has 0 aromatic rings. The van der Waals surface area contributed by atoms with Gasteiger partial charge in [-0.15, -0.1) is 0 Å². The molecule has 106 valence electrons. The van der Waals surface area contributed by atoms with Crippen molar-refractivity contribution in [3.8, 4) is 0 Å². The van der Waals surface area contributed by atoms with Crippen molar-refractivity contribution in [2.45, 2.75) is 65.8 Å². The van der Waals surface area contributed by atoms with Crippen LogP contribution in [0.4, 0.5) is 0 Å². The second-order valence-corrected chi connectivity index (χ2v) is 4.91. The summed E-state index contributed by atoms with van der Waals surface area (Å²) in [6, 6.07) is 0.0466. The van der Waals surface area contributed by atoms with Gasteiger partial charge < -0.3 is 10.6 Å². The molecule has 0 unspecified atom stereocenters. The van der Waals surface area contributed by atoms with E-state index in [1.165, 1.54) is 12.8 Å². The Labute approximate surface area is 111 Å². The highest BCUT2D eigenvalue weighted by molar-refractivity contribution is 6.35. The fourth-order valence-corrected chi connectivity index (χ4v) is 1.65. The maximum absolute atomic E-state index is 11.6. The van der Waals surface area contributed by atoms with Crippen molar-refractivity contribution < 1.29 is 9.59 Å². The quantitative estimate of drug-likeness (QED) is 0.654. The van der Waals surface area contributed by atoms with Gasteiger partial charge in [0.1, 0.15) is 0 Å². The Morgan fingerprint density at radius 3 is 2.22 bits per heavy atom. The summed E-state index contributed by atoms with van der Waals surface area (Å²) in [5.41, 5.74) is 0. The molecule has 0 spiro atoms. The van der Waals surface area contributed by atoms with E-state index >= 15 is 0 Å². The summed E-state index contributed by atoms with van der Waals surface area (Å²) in [6.45, 7) is 8.74. The van der Waals surface area contributed by atoms with Gasteiger partial charge >= 0.3 is 11.8 Å². The van der Waals surface area contributed by atoms with E-state index in [9.17, 15) is 9.59 Å². The Hall–Kier alpha value is -1.06. The number of amides is 2. The molecular formula is C14H28N2O2. The standard InChI is InChI=1S/C14H28N2O2/c1-5-8-9-12(7-3)10-15-13(17)14(18)16-11(4)6-2/h11-12H,5-10H2,1-4H3,(H,15,17)(H,16,18)/t11-,12-/m1/s1. The third-order valence-corrected chi connectivity index (χ3v) is 3.29. The van der Waals surface area contributed by atoms with Gasteiger partial charge in [0.05, 0.1) is 0 Å². The lowest BCUT2D eigenvalue weighted by atomic mass is 9.99. The second kappa shape index (κ2) is 9.92. The van der Waals surface area contributed by atoms with Crippen molar-refractivity contribution in [3.05, 3.63) is 0 Å². The van der Waals surface area contributed by atoms with Crippen LogP contribution in [0.3, 0.4) is 0 Å². The third kappa shape index (κ3) is 7.30. The molecule has 4 nitrogen and oxygen atoms in total. The molecule has 0 aromatic carbocycles. The Balaban J connectivity index is 3.95. The highest BCUT2D eigenvalue weighted by Gasteiger charge is 2.16. The molecule has 2 N–H and O–H groups in total. The number of hydrogen-bond donors (Lipinski definition) is 2. The molecule has 2 amide bonds. The number of carbonyl (C=O) groups excluding carboxylic acids is 2. The maximum atomic E-state index is 11.6. The fourth-order valence-electron chi connectivity index (χ4n) is 1.65. The Kier molecular flexibility index (Phi) is 9.33. The van der Waals surface area contributed by atoms with Crippen molar-refractivity contribution in [3.63, 3.8) is 0 Å². The van der Waals surface area contributed by atoms with Crippen LogP contribution in [0.2, 0.25) is 0 Å². The normalized spacial score (nSPS) is 13.8. The first-order chi connectivity index (χ1) is 8.54. The van der Waals surface area contributed by atoms with Crippen molar-refractivity contribution in [1.29, 1.82) is 0 Å². The van der Waals surface area contributed by atoms with Crippen LogP contribution in [-0.2, 0) is 9.59 Å². The summed E-state index contributed by atoms with van der Waals surface area (Å²) in [5, 5.41) is 5.38. The van der Waals surface area contributed by atoms with Crippen molar-refractivity contribution >= 4 is 11.8 Å². The first kappa shape index (κ1) is 16.9. The van der Waals surface area contributed by atoms with E-state index in [1.807, 2.05) is 13.8 Å². The molecule has 0 saturated carbocycles. The molecule has 18 heavy (non-hydrogen) atoms. The van der Waals surface area contributed by atoms with Crippen LogP contribution in [0.15, 0.2) is 0 Å². The Morgan fingerprint density at radius 1 is 1.06 bits per heavy atom. The minimum absolute atomic E-state index is 0.0466. The first-order valence-electron chi connectivity index (χ1n) is 7.13. The van der Waals surface area contributed by atoms with Gasteiger partial charge in [-0.25, -0.2) is 0 Å². The van der Waals surface area contributed by atoms with Gasteiger partial charge in [-0.05, 0) is 25.7 Å². The molecule has 0 aliphatic heterocycles. The van der Waals surface area contributed by atoms with Gasteiger partial charge in [-0.1, -0.05) is 40.0 Å². The zero-order valence-electron chi connectivity index (χ0n) is 12.2. The molecule has 0 aliphatic rings. The average Bonchev–Trinajstić information content (AvgIpc) is 2.38. The molecule has 0 radical (unpaired) electrons. The summed E-state index contributed by atoms with van der Waals surface area (Å²) < 4.78 is 0. The van der Waals surface area contributed by atoms with Crippen LogP contribution in [-0.4, -0.2) is 24.4 Å². The van der Waals surface area contributed by atoms with E-state index in [0.717, 1.165) is 19.3 Å². The molecule has 0 fully saturated rings. The van der Waals surface area contributed by atoms with Crippen LogP contribution in [0.1, 0.15) is 59.8 Å². The van der Waals surface area contributed by atoms with Gasteiger partial charge in [0.2, 0.25) is 0 Å². The van der Waals surface area contributed by atoms with Crippen LogP contribution in [0, 0.1) is 5.92 Å². The van der Waals surface area contributed by atoms with Crippen LogP contribution >= 0.6 is 0 Å². The third-order valence-electron chi connectivity index (χ3n) is 3.29. The lowest BCUT2D eigenvalue weighted by Crippen LogP contribution is -2.44. The molecule has 0 saturated heterocycles. The van der Waals surface area contributed by atoms with Crippen LogP contribution in [0.5, 0.6) is 0 Å². The van der Waals surface area contributed by atoms with E-state index < -0.39 is 11.8 Å². The van der Waals surface area contributed by atoms with E-state index in [2.05, 4.69) is 24.5 Å². The van der Waals surface area contributed by atoms with Crippen LogP contribution in [0.25, 0.3) is 0 Å². The molecular weight excluding hydrogens is 228 g/mol. The SMILES string of the molecule is CCCC[C@@H](CC)CNC(=O)C(=O)N[C@H](C)CC. The largest absolute Gasteiger partial charge is 0.348 e. The number of hydrogen-bond acceptors (Lipinski definition) is 2. The smallest absolute Gasteiger partial charge is 0.309 e. The maximum Gasteiger partial charge on any atom is 0.309 e. The zero-order valence-corrected chi connectivity index (χ0v) is 12.2. The highest BCUT2D eigenvalue weighted by atomic mass is 16.2. The molecule has 4 heteroatoms. The second-order valence-electron chi connectivity index (χ2n) is 4.91. The topological polar surface area (TPSA) is 58.2 Å². The first-order valence-corrected chi connectivity index (χ1v) is 7.13. The van der Waals surface area contributed by atoms with Crippen LogP contribution < -0.4 is 10.6 Å². The summed E-state index contributed by atoms with van der Waals surface area (Å²) in [6.07, 6.45) is 5.31. The number of carbonyl (C=O) groups is 2. The van der Waals surface area contributed by atoms with Crippen molar-refractivity contribution in [2.75, 3.05) is 6.54 Å². The van der Waals surface area contributed by atoms with Gasteiger partial charge in [0.15, 0.2) is 0 Å². The van der Waals surface area contributed by atoms with E-state index in [0.29, 0.717) is 12.5 Å². The molecule has 0 aromatic heterocycles. The minimum Gasteiger partial charge on any atom is -0.348 e. The van der Waals surface area contributed by atoms with Gasteiger partial charge in [-0.3, -0.25) is 9.59 Å². The van der Waals surface area contributed by atoms with Crippen molar-refractivity contribution in [2.24, 2.45) is 5.92 Å². The van der Waals surface area contributed by atoms with E-state index in [4.69, 9.17) is 0 Å². The van der Waals surface area contributed by atoms with Gasteiger partial charge in [0.25, 0.3) is 0 Å².